The maximum absolute atomic E-state index is 11.7. The number of carbonyl (C=O) groups excluding carboxylic acids is 1. The first-order chi connectivity index (χ1) is 10.1. The van der Waals surface area contributed by atoms with Crippen LogP contribution in [0.5, 0.6) is 0 Å². The minimum absolute atomic E-state index is 0.0132. The molecular formula is C15H9Cl3N2O. The van der Waals surface area contributed by atoms with Gasteiger partial charge in [0.05, 0.1) is 21.4 Å². The van der Waals surface area contributed by atoms with Crippen LogP contribution in [-0.2, 0) is 4.79 Å². The van der Waals surface area contributed by atoms with Crippen molar-refractivity contribution in [1.29, 1.82) is 0 Å². The number of amides is 1. The van der Waals surface area contributed by atoms with Gasteiger partial charge in [-0.1, -0.05) is 53.0 Å². The van der Waals surface area contributed by atoms with Crippen molar-refractivity contribution < 1.29 is 4.79 Å². The molecule has 2 aromatic rings. The molecular weight excluding hydrogens is 331 g/mol. The molecule has 0 fully saturated rings. The van der Waals surface area contributed by atoms with Crippen LogP contribution in [0.2, 0.25) is 15.1 Å². The Bertz CT molecular complexity index is 748. The fourth-order valence-electron chi connectivity index (χ4n) is 2.21. The van der Waals surface area contributed by atoms with E-state index < -0.39 is 0 Å². The fourth-order valence-corrected chi connectivity index (χ4v) is 3.20. The van der Waals surface area contributed by atoms with E-state index in [0.717, 1.165) is 5.56 Å². The standard InChI is InChI=1S/C15H9Cl3N2O/c16-8-5-10(17)14(11(18)6-8)15-9-3-1-2-4-12(9)20-13(21)7-19-15/h1-6H,7H2,(H,20,21). The summed E-state index contributed by atoms with van der Waals surface area (Å²) >= 11 is 18.5. The van der Waals surface area contributed by atoms with Crippen LogP contribution in [0.4, 0.5) is 5.69 Å². The zero-order chi connectivity index (χ0) is 15.0. The van der Waals surface area contributed by atoms with E-state index >= 15 is 0 Å². The Hall–Kier alpha value is -1.55. The number of nitrogens with zero attached hydrogens (tertiary/aromatic N) is 1. The lowest BCUT2D eigenvalue weighted by molar-refractivity contribution is -0.114. The maximum atomic E-state index is 11.7. The predicted octanol–water partition coefficient (Wildman–Crippen LogP) is 4.44. The second-order valence-electron chi connectivity index (χ2n) is 4.50. The Balaban J connectivity index is 2.25. The summed E-state index contributed by atoms with van der Waals surface area (Å²) in [6.45, 7) is 0.0132. The molecule has 106 valence electrons. The normalized spacial score (nSPS) is 14.0. The number of benzodiazepines with no additional fused rings is 1. The molecule has 1 aliphatic heterocycles. The van der Waals surface area contributed by atoms with Crippen LogP contribution >= 0.6 is 34.8 Å². The number of benzene rings is 2. The average molecular weight is 340 g/mol. The summed E-state index contributed by atoms with van der Waals surface area (Å²) in [5, 5.41) is 4.05. The zero-order valence-electron chi connectivity index (χ0n) is 10.7. The number of nitrogens with one attached hydrogen (secondary N) is 1. The molecule has 1 N–H and O–H groups in total. The van der Waals surface area contributed by atoms with Gasteiger partial charge in [0.15, 0.2) is 0 Å². The van der Waals surface area contributed by atoms with Crippen LogP contribution in [0.15, 0.2) is 41.4 Å². The van der Waals surface area contributed by atoms with E-state index in [4.69, 9.17) is 34.8 Å². The van der Waals surface area contributed by atoms with Gasteiger partial charge in [-0.05, 0) is 18.2 Å². The maximum Gasteiger partial charge on any atom is 0.246 e. The highest BCUT2D eigenvalue weighted by Crippen LogP contribution is 2.33. The van der Waals surface area contributed by atoms with Gasteiger partial charge in [0.25, 0.3) is 0 Å². The largest absolute Gasteiger partial charge is 0.324 e. The highest BCUT2D eigenvalue weighted by Gasteiger charge is 2.21. The van der Waals surface area contributed by atoms with E-state index in [-0.39, 0.29) is 12.5 Å². The van der Waals surface area contributed by atoms with E-state index in [9.17, 15) is 4.79 Å². The van der Waals surface area contributed by atoms with Gasteiger partial charge < -0.3 is 5.32 Å². The second-order valence-corrected chi connectivity index (χ2v) is 5.75. The number of fused-ring (bicyclic) bond motifs is 1. The Morgan fingerprint density at radius 2 is 1.71 bits per heavy atom. The number of hydrogen-bond donors (Lipinski definition) is 1. The second kappa shape index (κ2) is 5.68. The highest BCUT2D eigenvalue weighted by atomic mass is 35.5. The first-order valence-electron chi connectivity index (χ1n) is 6.15. The number of aliphatic imine (C=N–C) groups is 1. The molecule has 0 aromatic heterocycles. The smallest absolute Gasteiger partial charge is 0.246 e. The molecule has 0 saturated carbocycles. The van der Waals surface area contributed by atoms with Crippen molar-refractivity contribution in [2.24, 2.45) is 4.99 Å². The van der Waals surface area contributed by atoms with Crippen LogP contribution in [0.1, 0.15) is 11.1 Å². The zero-order valence-corrected chi connectivity index (χ0v) is 12.9. The first-order valence-corrected chi connectivity index (χ1v) is 7.28. The summed E-state index contributed by atoms with van der Waals surface area (Å²) in [6, 6.07) is 10.6. The Labute approximate surface area is 136 Å². The molecule has 2 aromatic carbocycles. The predicted molar refractivity (Wildman–Crippen MR) is 87.0 cm³/mol. The van der Waals surface area contributed by atoms with Crippen molar-refractivity contribution in [2.45, 2.75) is 0 Å². The Morgan fingerprint density at radius 1 is 1.05 bits per heavy atom. The summed E-state index contributed by atoms with van der Waals surface area (Å²) in [7, 11) is 0. The van der Waals surface area contributed by atoms with Gasteiger partial charge in [-0.25, -0.2) is 0 Å². The number of para-hydroxylation sites is 1. The van der Waals surface area contributed by atoms with E-state index in [1.165, 1.54) is 0 Å². The monoisotopic (exact) mass is 338 g/mol. The topological polar surface area (TPSA) is 41.5 Å². The van der Waals surface area contributed by atoms with Crippen molar-refractivity contribution in [3.8, 4) is 0 Å². The summed E-state index contributed by atoms with van der Waals surface area (Å²) in [6.07, 6.45) is 0. The molecule has 0 saturated heterocycles. The van der Waals surface area contributed by atoms with Crippen LogP contribution in [0.25, 0.3) is 0 Å². The molecule has 3 nitrogen and oxygen atoms in total. The molecule has 0 spiro atoms. The third kappa shape index (κ3) is 2.77. The molecule has 1 amide bonds. The lowest BCUT2D eigenvalue weighted by Gasteiger charge is -2.12. The van der Waals surface area contributed by atoms with Gasteiger partial charge in [0.2, 0.25) is 5.91 Å². The molecule has 6 heteroatoms. The third-order valence-corrected chi connectivity index (χ3v) is 3.90. The van der Waals surface area contributed by atoms with Gasteiger partial charge in [-0.2, -0.15) is 0 Å². The Morgan fingerprint density at radius 3 is 2.43 bits per heavy atom. The van der Waals surface area contributed by atoms with Crippen molar-refractivity contribution in [1.82, 2.24) is 0 Å². The van der Waals surface area contributed by atoms with Crippen molar-refractivity contribution in [2.75, 3.05) is 11.9 Å². The number of rotatable bonds is 1. The molecule has 1 aliphatic rings. The van der Waals surface area contributed by atoms with E-state index in [1.54, 1.807) is 12.1 Å². The van der Waals surface area contributed by atoms with Crippen LogP contribution in [0, 0.1) is 0 Å². The molecule has 21 heavy (non-hydrogen) atoms. The van der Waals surface area contributed by atoms with Gasteiger partial charge in [-0.3, -0.25) is 9.79 Å². The van der Waals surface area contributed by atoms with E-state index in [0.29, 0.717) is 32.0 Å². The SMILES string of the molecule is O=C1CN=C(c2c(Cl)cc(Cl)cc2Cl)c2ccccc2N1. The van der Waals surface area contributed by atoms with Gasteiger partial charge >= 0.3 is 0 Å². The van der Waals surface area contributed by atoms with Crippen LogP contribution in [-0.4, -0.2) is 18.2 Å². The van der Waals surface area contributed by atoms with Crippen molar-refractivity contribution in [3.05, 3.63) is 62.6 Å². The number of halogens is 3. The Kier molecular flexibility index (Phi) is 3.89. The molecule has 0 aliphatic carbocycles. The van der Waals surface area contributed by atoms with Gasteiger partial charge in [0.1, 0.15) is 6.54 Å². The van der Waals surface area contributed by atoms with Gasteiger partial charge in [0, 0.05) is 16.1 Å². The van der Waals surface area contributed by atoms with Crippen LogP contribution in [0.3, 0.4) is 0 Å². The van der Waals surface area contributed by atoms with E-state index in [1.807, 2.05) is 24.3 Å². The average Bonchev–Trinajstić information content (AvgIpc) is 2.57. The minimum atomic E-state index is -0.182. The first kappa shape index (κ1) is 14.4. The summed E-state index contributed by atoms with van der Waals surface area (Å²) in [5.74, 6) is -0.182. The van der Waals surface area contributed by atoms with Gasteiger partial charge in [-0.15, -0.1) is 0 Å². The van der Waals surface area contributed by atoms with Crippen molar-refractivity contribution in [3.63, 3.8) is 0 Å². The van der Waals surface area contributed by atoms with E-state index in [2.05, 4.69) is 10.3 Å². The molecule has 1 heterocycles. The number of hydrogen-bond acceptors (Lipinski definition) is 2. The third-order valence-electron chi connectivity index (χ3n) is 3.08. The fraction of sp³-hybridized carbons (Fsp3) is 0.0667. The summed E-state index contributed by atoms with van der Waals surface area (Å²) in [4.78, 5) is 16.1. The number of carbonyl (C=O) groups is 1. The molecule has 0 radical (unpaired) electrons. The summed E-state index contributed by atoms with van der Waals surface area (Å²) < 4.78 is 0. The highest BCUT2D eigenvalue weighted by molar-refractivity contribution is 6.44. The molecule has 3 rings (SSSR count). The lowest BCUT2D eigenvalue weighted by atomic mass is 10.0. The van der Waals surface area contributed by atoms with Crippen LogP contribution < -0.4 is 5.32 Å². The molecule has 0 bridgehead atoms. The van der Waals surface area contributed by atoms with Crippen molar-refractivity contribution >= 4 is 52.1 Å². The number of anilines is 1. The molecule has 0 atom stereocenters. The minimum Gasteiger partial charge on any atom is -0.324 e. The molecule has 0 unspecified atom stereocenters. The quantitative estimate of drug-likeness (QED) is 0.820. The summed E-state index contributed by atoms with van der Waals surface area (Å²) in [5.41, 5.74) is 2.61. The lowest BCUT2D eigenvalue weighted by Crippen LogP contribution is -2.13.